The van der Waals surface area contributed by atoms with Gasteiger partial charge in [0.2, 0.25) is 0 Å². The summed E-state index contributed by atoms with van der Waals surface area (Å²) in [5, 5.41) is 2.14. The van der Waals surface area contributed by atoms with E-state index in [4.69, 9.17) is 4.74 Å². The van der Waals surface area contributed by atoms with Crippen LogP contribution in [0, 0.1) is 6.92 Å². The number of rotatable bonds is 3. The zero-order valence-electron chi connectivity index (χ0n) is 18.9. The van der Waals surface area contributed by atoms with Crippen LogP contribution in [0.5, 0.6) is 0 Å². The van der Waals surface area contributed by atoms with Crippen molar-refractivity contribution in [1.82, 2.24) is 28.3 Å². The van der Waals surface area contributed by atoms with E-state index in [0.29, 0.717) is 5.65 Å². The Balaban J connectivity index is 0.000000142. The van der Waals surface area contributed by atoms with Gasteiger partial charge in [0.1, 0.15) is 12.4 Å². The molecule has 1 N–H and O–H groups in total. The van der Waals surface area contributed by atoms with Gasteiger partial charge in [-0.15, -0.1) is 0 Å². The number of hydrogen-bond acceptors (Lipinski definition) is 5. The van der Waals surface area contributed by atoms with E-state index in [0.717, 1.165) is 33.0 Å². The third-order valence-corrected chi connectivity index (χ3v) is 8.74. The van der Waals surface area contributed by atoms with Crippen molar-refractivity contribution in [3.05, 3.63) is 87.7 Å². The van der Waals surface area contributed by atoms with Crippen molar-refractivity contribution < 1.29 is 4.74 Å². The van der Waals surface area contributed by atoms with Crippen molar-refractivity contribution in [2.75, 3.05) is 7.11 Å². The zero-order valence-corrected chi connectivity index (χ0v) is 21.8. The van der Waals surface area contributed by atoms with Crippen LogP contribution in [0.15, 0.2) is 70.8 Å². The Morgan fingerprint density at radius 3 is 2.38 bits per heavy atom. The molecule has 0 spiro atoms. The van der Waals surface area contributed by atoms with E-state index in [1.807, 2.05) is 37.3 Å². The molecule has 6 heterocycles. The molecule has 10 heteroatoms. The number of ether oxygens (including phenoxy) is 1. The molecule has 0 aromatic carbocycles. The van der Waals surface area contributed by atoms with Gasteiger partial charge < -0.3 is 4.74 Å². The van der Waals surface area contributed by atoms with E-state index in [1.54, 1.807) is 40.7 Å². The van der Waals surface area contributed by atoms with Gasteiger partial charge in [0, 0.05) is 24.9 Å². The van der Waals surface area contributed by atoms with Crippen LogP contribution in [0.3, 0.4) is 0 Å². The molecular formula is C24H22N6O3Sn. The second kappa shape index (κ2) is 9.07. The Hall–Kier alpha value is -3.44. The minimum absolute atomic E-state index is 0.111. The van der Waals surface area contributed by atoms with E-state index in [1.165, 1.54) is 8.15 Å². The van der Waals surface area contributed by atoms with E-state index < -0.39 is 21.1 Å². The second-order valence-corrected chi connectivity index (χ2v) is 10.6. The van der Waals surface area contributed by atoms with Crippen LogP contribution >= 0.6 is 0 Å². The second-order valence-electron chi connectivity index (χ2n) is 7.71. The molecule has 34 heavy (non-hydrogen) atoms. The van der Waals surface area contributed by atoms with Crippen molar-refractivity contribution in [1.29, 1.82) is 0 Å². The summed E-state index contributed by atoms with van der Waals surface area (Å²) in [6.45, 7) is 2.24. The van der Waals surface area contributed by atoms with E-state index >= 15 is 0 Å². The number of pyridine rings is 2. The average molecular weight is 561 g/mol. The predicted octanol–water partition coefficient (Wildman–Crippen LogP) is 2.11. The number of H-pyrrole nitrogens is 1. The van der Waals surface area contributed by atoms with Crippen molar-refractivity contribution in [3.8, 4) is 0 Å². The van der Waals surface area contributed by atoms with Crippen LogP contribution in [-0.2, 0) is 11.5 Å². The molecule has 170 valence electrons. The molecule has 6 rings (SSSR count). The molecule has 0 aliphatic carbocycles. The molecule has 6 aromatic rings. The van der Waals surface area contributed by atoms with E-state index in [9.17, 15) is 9.59 Å². The monoisotopic (exact) mass is 562 g/mol. The number of hydrogen-bond donors (Lipinski definition) is 1. The molecule has 0 bridgehead atoms. The standard InChI is InChI=1S/C13H13N3O2.C10H6N3O.CH3.Sn/c1-9-10-4-3-6-14-12(10)16-11(9)5-7-15(8-18-2)13(16)17;14-10-12-5-3-8-6-7-2-1-4-11-9(7)13(8)10;;/h3-7H,8H2,1-2H3;1-5H,(H,12,14);1H3;. The van der Waals surface area contributed by atoms with Gasteiger partial charge in [-0.05, 0) is 30.7 Å². The fourth-order valence-corrected chi connectivity index (χ4v) is 6.90. The molecule has 0 atom stereocenters. The summed E-state index contributed by atoms with van der Waals surface area (Å²) in [6.07, 6.45) is 6.87. The third-order valence-electron chi connectivity index (χ3n) is 5.81. The summed E-state index contributed by atoms with van der Waals surface area (Å²) in [5.41, 5.74) is 4.20. The zero-order chi connectivity index (χ0) is 23.8. The number of nitrogens with one attached hydrogen (secondary N) is 1. The van der Waals surface area contributed by atoms with Crippen LogP contribution < -0.4 is 15.0 Å². The van der Waals surface area contributed by atoms with Crippen LogP contribution in [0.25, 0.3) is 33.1 Å². The number of aromatic nitrogens is 6. The van der Waals surface area contributed by atoms with Gasteiger partial charge in [-0.25, -0.2) is 14.2 Å². The van der Waals surface area contributed by atoms with Gasteiger partial charge in [0.05, 0.1) is 5.52 Å². The van der Waals surface area contributed by atoms with Gasteiger partial charge in [0.15, 0.2) is 0 Å². The van der Waals surface area contributed by atoms with Gasteiger partial charge >= 0.3 is 107 Å². The van der Waals surface area contributed by atoms with Crippen molar-refractivity contribution in [3.63, 3.8) is 0 Å². The molecular weight excluding hydrogens is 539 g/mol. The molecule has 0 aliphatic rings. The summed E-state index contributed by atoms with van der Waals surface area (Å²) >= 11 is -0.616. The maximum atomic E-state index is 12.4. The van der Waals surface area contributed by atoms with Crippen LogP contribution in [-0.4, -0.2) is 56.6 Å². The number of fused-ring (bicyclic) bond motifs is 6. The summed E-state index contributed by atoms with van der Waals surface area (Å²) in [6, 6.07) is 11.7. The molecule has 0 saturated carbocycles. The van der Waals surface area contributed by atoms with Crippen LogP contribution in [0.1, 0.15) is 5.56 Å². The topological polar surface area (TPSA) is 98.7 Å². The molecule has 2 radical (unpaired) electrons. The third kappa shape index (κ3) is 3.51. The Kier molecular flexibility index (Phi) is 5.96. The molecule has 0 fully saturated rings. The predicted molar refractivity (Wildman–Crippen MR) is 133 cm³/mol. The first-order valence-corrected chi connectivity index (χ1v) is 14.9. The number of nitrogens with zero attached hydrogens (tertiary/aromatic N) is 5. The fourth-order valence-electron chi connectivity index (χ4n) is 4.29. The number of aromatic amines is 1. The molecule has 0 amide bonds. The van der Waals surface area contributed by atoms with Crippen LogP contribution in [0.4, 0.5) is 0 Å². The minimum atomic E-state index is -0.616. The summed E-state index contributed by atoms with van der Waals surface area (Å²) in [4.78, 5) is 37.7. The fraction of sp³-hybridized carbons (Fsp3) is 0.167. The Morgan fingerprint density at radius 1 is 0.971 bits per heavy atom. The van der Waals surface area contributed by atoms with E-state index in [2.05, 4.69) is 26.0 Å². The summed E-state index contributed by atoms with van der Waals surface area (Å²) in [7, 11) is 1.56. The first kappa shape index (κ1) is 22.4. The van der Waals surface area contributed by atoms with Gasteiger partial charge in [-0.3, -0.25) is 4.57 Å². The first-order valence-electron chi connectivity index (χ1n) is 10.7. The van der Waals surface area contributed by atoms with Gasteiger partial charge in [0.25, 0.3) is 0 Å². The van der Waals surface area contributed by atoms with Crippen molar-refractivity contribution >= 4 is 57.8 Å². The summed E-state index contributed by atoms with van der Waals surface area (Å²) in [5.74, 6) is 0. The first-order chi connectivity index (χ1) is 16.6. The molecule has 9 nitrogen and oxygen atoms in total. The normalized spacial score (nSPS) is 11.4. The number of aryl methyl sites for hydroxylation is 1. The van der Waals surface area contributed by atoms with Crippen molar-refractivity contribution in [2.45, 2.75) is 18.6 Å². The van der Waals surface area contributed by atoms with Gasteiger partial charge in [-0.2, -0.15) is 0 Å². The molecule has 0 saturated heterocycles. The molecule has 0 aliphatic heterocycles. The van der Waals surface area contributed by atoms with E-state index in [-0.39, 0.29) is 18.1 Å². The maximum absolute atomic E-state index is 12.4. The summed E-state index contributed by atoms with van der Waals surface area (Å²) < 4.78 is 11.2. The van der Waals surface area contributed by atoms with Crippen molar-refractivity contribution in [2.24, 2.45) is 0 Å². The Labute approximate surface area is 203 Å². The Bertz CT molecular complexity index is 1780. The number of methoxy groups -OCH3 is 1. The molecule has 6 aromatic heterocycles. The van der Waals surface area contributed by atoms with Gasteiger partial charge in [-0.1, -0.05) is 0 Å². The Morgan fingerprint density at radius 2 is 1.68 bits per heavy atom. The molecule has 0 unspecified atom stereocenters. The quantitative estimate of drug-likeness (QED) is 0.334. The SMILES string of the molecule is COCn1ccc2c(C)c3cccnc3n2c1=O.[CH3][Sn][c]1c2cccnc2n2c(=O)[nH]ccc12. The van der Waals surface area contributed by atoms with Crippen LogP contribution in [0.2, 0.25) is 4.94 Å². The average Bonchev–Trinajstić information content (AvgIpc) is 3.35.